The summed E-state index contributed by atoms with van der Waals surface area (Å²) in [6.45, 7) is 6.44. The molecule has 6 aromatic rings. The number of nitrogens with zero attached hydrogens (tertiary/aromatic N) is 2. The Bertz CT molecular complexity index is 2260. The van der Waals surface area contributed by atoms with Gasteiger partial charge in [-0.15, -0.1) is 11.3 Å². The summed E-state index contributed by atoms with van der Waals surface area (Å²) in [5.41, 5.74) is 12.2. The van der Waals surface area contributed by atoms with Gasteiger partial charge in [-0.25, -0.2) is 4.98 Å². The summed E-state index contributed by atoms with van der Waals surface area (Å²) in [5.74, 6) is 0.452. The molecule has 5 heteroatoms. The van der Waals surface area contributed by atoms with Crippen LogP contribution in [-0.2, 0) is 5.41 Å². The molecule has 0 saturated heterocycles. The van der Waals surface area contributed by atoms with Crippen molar-refractivity contribution in [3.63, 3.8) is 0 Å². The van der Waals surface area contributed by atoms with E-state index in [0.717, 1.165) is 43.6 Å². The Morgan fingerprint density at radius 3 is 1.80 bits per heavy atom. The lowest BCUT2D eigenvalue weighted by Gasteiger charge is -2.43. The average Bonchev–Trinajstić information content (AvgIpc) is 3.69. The van der Waals surface area contributed by atoms with Crippen LogP contribution in [0.2, 0.25) is 0 Å². The van der Waals surface area contributed by atoms with Crippen molar-refractivity contribution >= 4 is 45.5 Å². The highest BCUT2D eigenvalue weighted by atomic mass is 32.1. The van der Waals surface area contributed by atoms with Gasteiger partial charge in [0.1, 0.15) is 10.8 Å². The van der Waals surface area contributed by atoms with Gasteiger partial charge in [0.2, 0.25) is 0 Å². The number of aryl methyl sites for hydroxylation is 3. The van der Waals surface area contributed by atoms with Crippen molar-refractivity contribution in [2.45, 2.75) is 26.2 Å². The minimum atomic E-state index is -0.630. The van der Waals surface area contributed by atoms with Crippen molar-refractivity contribution in [2.24, 2.45) is 0 Å². The normalized spacial score (nSPS) is 15.0. The molecule has 220 valence electrons. The van der Waals surface area contributed by atoms with E-state index in [1.165, 1.54) is 27.8 Å². The first-order valence-corrected chi connectivity index (χ1v) is 16.3. The number of benzene rings is 4. The molecule has 1 spiro atoms. The van der Waals surface area contributed by atoms with Gasteiger partial charge in [0.15, 0.2) is 11.6 Å². The molecular weight excluding hydrogens is 585 g/mol. The topological polar surface area (TPSA) is 50.3 Å². The van der Waals surface area contributed by atoms with Gasteiger partial charge in [-0.05, 0) is 72.4 Å². The Labute approximate surface area is 271 Å². The predicted molar refractivity (Wildman–Crippen MR) is 185 cm³/mol. The molecule has 0 fully saturated rings. The Hall–Kier alpha value is -5.39. The average molecular weight is 613 g/mol. The molecule has 0 atom stereocenters. The van der Waals surface area contributed by atoms with Crippen LogP contribution in [0.4, 0.5) is 16.5 Å². The highest BCUT2D eigenvalue weighted by Gasteiger charge is 2.53. The number of allylic oxidation sites excluding steroid dienone is 1. The van der Waals surface area contributed by atoms with Crippen LogP contribution in [0.3, 0.4) is 0 Å². The SMILES string of the molecule is Cc1cc(C)c(N2c3ncccc3C3(c4ccccc4-c4ccccc43)c3cc(C=C4C(=O)c5ccccc5C4=O)sc32)c(C)c1. The van der Waals surface area contributed by atoms with Crippen molar-refractivity contribution in [1.29, 1.82) is 0 Å². The summed E-state index contributed by atoms with van der Waals surface area (Å²) in [6, 6.07) is 35.3. The van der Waals surface area contributed by atoms with Crippen molar-refractivity contribution in [3.8, 4) is 11.1 Å². The van der Waals surface area contributed by atoms with E-state index in [-0.39, 0.29) is 17.1 Å². The molecule has 0 bridgehead atoms. The molecule has 0 N–H and O–H groups in total. The number of pyridine rings is 1. The van der Waals surface area contributed by atoms with Gasteiger partial charge < -0.3 is 0 Å². The van der Waals surface area contributed by atoms with Crippen molar-refractivity contribution in [2.75, 3.05) is 4.90 Å². The maximum Gasteiger partial charge on any atom is 0.197 e. The summed E-state index contributed by atoms with van der Waals surface area (Å²) in [4.78, 5) is 35.3. The van der Waals surface area contributed by atoms with E-state index < -0.39 is 5.41 Å². The van der Waals surface area contributed by atoms with E-state index in [1.54, 1.807) is 29.5 Å². The van der Waals surface area contributed by atoms with Crippen LogP contribution >= 0.6 is 11.3 Å². The van der Waals surface area contributed by atoms with Gasteiger partial charge in [-0.1, -0.05) is 96.6 Å². The molecule has 2 aromatic heterocycles. The van der Waals surface area contributed by atoms with Crippen molar-refractivity contribution < 1.29 is 9.59 Å². The lowest BCUT2D eigenvalue weighted by atomic mass is 9.66. The van der Waals surface area contributed by atoms with Gasteiger partial charge in [0.25, 0.3) is 0 Å². The molecule has 3 heterocycles. The van der Waals surface area contributed by atoms with E-state index in [9.17, 15) is 9.59 Å². The van der Waals surface area contributed by atoms with Gasteiger partial charge in [-0.2, -0.15) is 0 Å². The number of ketones is 2. The molecular formula is C41H28N2O2S. The first kappa shape index (κ1) is 27.0. The number of anilines is 3. The third kappa shape index (κ3) is 3.41. The minimum Gasteiger partial charge on any atom is -0.288 e. The molecule has 2 aliphatic carbocycles. The number of carbonyl (C=O) groups is 2. The lowest BCUT2D eigenvalue weighted by Crippen LogP contribution is -2.36. The minimum absolute atomic E-state index is 0.214. The molecule has 1 aliphatic heterocycles. The molecule has 0 unspecified atom stereocenters. The molecule has 0 amide bonds. The third-order valence-corrected chi connectivity index (χ3v) is 10.8. The van der Waals surface area contributed by atoms with Crippen LogP contribution in [0.1, 0.15) is 64.5 Å². The van der Waals surface area contributed by atoms with Gasteiger partial charge in [0, 0.05) is 33.3 Å². The Kier molecular flexibility index (Phi) is 5.60. The predicted octanol–water partition coefficient (Wildman–Crippen LogP) is 9.68. The Balaban J connectivity index is 1.38. The summed E-state index contributed by atoms with van der Waals surface area (Å²) < 4.78 is 0. The first-order valence-electron chi connectivity index (χ1n) is 15.5. The fourth-order valence-corrected chi connectivity index (χ4v) is 9.28. The standard InChI is InChI=1S/C41H28N2O2S/c1-23-19-24(2)36(25(3)20-23)43-39-34(17-10-18-42-39)41(32-15-8-6-11-27(32)28-12-7-9-16-33(28)41)35-22-26(46-40(35)43)21-31-37(44)29-13-4-5-14-30(29)38(31)45/h4-22H,1-3H3. The third-order valence-electron chi connectivity index (χ3n) is 9.74. The molecule has 0 saturated carbocycles. The number of Topliss-reactive ketones (excluding diaryl/α,β-unsaturated/α-hetero) is 2. The number of fused-ring (bicyclic) bond motifs is 10. The number of hydrogen-bond acceptors (Lipinski definition) is 5. The molecule has 4 aromatic carbocycles. The zero-order valence-corrected chi connectivity index (χ0v) is 26.4. The first-order chi connectivity index (χ1) is 22.4. The zero-order chi connectivity index (χ0) is 31.3. The number of rotatable bonds is 2. The molecule has 46 heavy (non-hydrogen) atoms. The number of hydrogen-bond donors (Lipinski definition) is 0. The number of thiophene rings is 1. The van der Waals surface area contributed by atoms with Crippen LogP contribution in [0.15, 0.2) is 115 Å². The largest absolute Gasteiger partial charge is 0.288 e. The molecule has 9 rings (SSSR count). The van der Waals surface area contributed by atoms with Crippen molar-refractivity contribution in [3.05, 3.63) is 170 Å². The second-order valence-electron chi connectivity index (χ2n) is 12.4. The maximum atomic E-state index is 13.5. The monoisotopic (exact) mass is 612 g/mol. The second-order valence-corrected chi connectivity index (χ2v) is 13.5. The van der Waals surface area contributed by atoms with Crippen LogP contribution in [-0.4, -0.2) is 16.6 Å². The number of aromatic nitrogens is 1. The van der Waals surface area contributed by atoms with Gasteiger partial charge in [0.05, 0.1) is 16.7 Å². The summed E-state index contributed by atoms with van der Waals surface area (Å²) in [5, 5.41) is 1.04. The molecule has 0 radical (unpaired) electrons. The van der Waals surface area contributed by atoms with Crippen LogP contribution in [0.5, 0.6) is 0 Å². The molecule has 3 aliphatic rings. The summed E-state index contributed by atoms with van der Waals surface area (Å²) in [7, 11) is 0. The van der Waals surface area contributed by atoms with Gasteiger partial charge in [-0.3, -0.25) is 14.5 Å². The van der Waals surface area contributed by atoms with Gasteiger partial charge >= 0.3 is 0 Å². The van der Waals surface area contributed by atoms with Crippen LogP contribution in [0.25, 0.3) is 17.2 Å². The van der Waals surface area contributed by atoms with E-state index in [4.69, 9.17) is 4.98 Å². The summed E-state index contributed by atoms with van der Waals surface area (Å²) in [6.07, 6.45) is 3.68. The molecule has 4 nitrogen and oxygen atoms in total. The van der Waals surface area contributed by atoms with E-state index in [1.807, 2.05) is 24.4 Å². The smallest absolute Gasteiger partial charge is 0.197 e. The number of carbonyl (C=O) groups excluding carboxylic acids is 2. The Morgan fingerprint density at radius 1 is 0.652 bits per heavy atom. The van der Waals surface area contributed by atoms with E-state index in [2.05, 4.69) is 98.5 Å². The lowest BCUT2D eigenvalue weighted by molar-refractivity contribution is 0.0990. The Morgan fingerprint density at radius 2 is 1.20 bits per heavy atom. The van der Waals surface area contributed by atoms with Crippen LogP contribution < -0.4 is 4.90 Å². The maximum absolute atomic E-state index is 13.5. The second kappa shape index (κ2) is 9.56. The quantitative estimate of drug-likeness (QED) is 0.144. The van der Waals surface area contributed by atoms with E-state index >= 15 is 0 Å². The highest BCUT2D eigenvalue weighted by Crippen LogP contribution is 2.65. The fourth-order valence-electron chi connectivity index (χ4n) is 8.11. The summed E-state index contributed by atoms with van der Waals surface area (Å²) >= 11 is 1.61. The van der Waals surface area contributed by atoms with E-state index in [0.29, 0.717) is 11.1 Å². The fraction of sp³-hybridized carbons (Fsp3) is 0.0976. The van der Waals surface area contributed by atoms with Crippen molar-refractivity contribution in [1.82, 2.24) is 4.98 Å². The zero-order valence-electron chi connectivity index (χ0n) is 25.6. The van der Waals surface area contributed by atoms with Crippen LogP contribution in [0, 0.1) is 20.8 Å². The highest BCUT2D eigenvalue weighted by molar-refractivity contribution is 7.17.